The Morgan fingerprint density at radius 3 is 3.00 bits per heavy atom. The maximum Gasteiger partial charge on any atom is 0.121 e. The second-order valence-corrected chi connectivity index (χ2v) is 4.13. The lowest BCUT2D eigenvalue weighted by Gasteiger charge is -2.27. The fourth-order valence-corrected chi connectivity index (χ4v) is 2.25. The summed E-state index contributed by atoms with van der Waals surface area (Å²) in [6, 6.07) is 2.41. The van der Waals surface area contributed by atoms with Crippen LogP contribution >= 0.6 is 0 Å². The van der Waals surface area contributed by atoms with Crippen molar-refractivity contribution in [2.24, 2.45) is 5.92 Å². The SMILES string of the molecule is CC1CCCC(n2nccc2N)C1. The van der Waals surface area contributed by atoms with E-state index >= 15 is 0 Å². The van der Waals surface area contributed by atoms with E-state index in [2.05, 4.69) is 12.0 Å². The molecule has 1 aliphatic rings. The van der Waals surface area contributed by atoms with Gasteiger partial charge in [-0.3, -0.25) is 0 Å². The number of nitrogens with two attached hydrogens (primary N) is 1. The highest BCUT2D eigenvalue weighted by molar-refractivity contribution is 5.26. The van der Waals surface area contributed by atoms with Crippen molar-refractivity contribution in [1.82, 2.24) is 9.78 Å². The Kier molecular flexibility index (Phi) is 2.25. The van der Waals surface area contributed by atoms with Crippen molar-refractivity contribution in [1.29, 1.82) is 0 Å². The van der Waals surface area contributed by atoms with E-state index in [-0.39, 0.29) is 0 Å². The third-order valence-electron chi connectivity index (χ3n) is 2.96. The summed E-state index contributed by atoms with van der Waals surface area (Å²) in [5.41, 5.74) is 5.82. The van der Waals surface area contributed by atoms with E-state index in [1.54, 1.807) is 6.20 Å². The summed E-state index contributed by atoms with van der Waals surface area (Å²) in [5.74, 6) is 1.63. The predicted molar refractivity (Wildman–Crippen MR) is 53.3 cm³/mol. The van der Waals surface area contributed by atoms with Crippen molar-refractivity contribution in [3.63, 3.8) is 0 Å². The lowest BCUT2D eigenvalue weighted by Crippen LogP contribution is -2.19. The molecule has 0 aliphatic heterocycles. The zero-order chi connectivity index (χ0) is 9.26. The molecule has 1 aromatic rings. The first-order chi connectivity index (χ1) is 6.27. The molecule has 1 saturated carbocycles. The standard InChI is InChI=1S/C10H17N3/c1-8-3-2-4-9(7-8)13-10(11)5-6-12-13/h5-6,8-9H,2-4,7,11H2,1H3. The highest BCUT2D eigenvalue weighted by atomic mass is 15.3. The summed E-state index contributed by atoms with van der Waals surface area (Å²) in [6.07, 6.45) is 6.92. The van der Waals surface area contributed by atoms with Crippen molar-refractivity contribution in [2.75, 3.05) is 5.73 Å². The fourth-order valence-electron chi connectivity index (χ4n) is 2.25. The van der Waals surface area contributed by atoms with E-state index in [1.807, 2.05) is 10.7 Å². The van der Waals surface area contributed by atoms with Gasteiger partial charge in [0.25, 0.3) is 0 Å². The molecule has 1 aromatic heterocycles. The highest BCUT2D eigenvalue weighted by Gasteiger charge is 2.21. The average molecular weight is 179 g/mol. The molecule has 0 saturated heterocycles. The van der Waals surface area contributed by atoms with Crippen LogP contribution in [0.2, 0.25) is 0 Å². The van der Waals surface area contributed by atoms with Gasteiger partial charge >= 0.3 is 0 Å². The second kappa shape index (κ2) is 3.40. The molecular weight excluding hydrogens is 162 g/mol. The number of nitrogens with zero attached hydrogens (tertiary/aromatic N) is 2. The van der Waals surface area contributed by atoms with Crippen LogP contribution < -0.4 is 5.73 Å². The second-order valence-electron chi connectivity index (χ2n) is 4.13. The Morgan fingerprint density at radius 1 is 1.54 bits per heavy atom. The zero-order valence-corrected chi connectivity index (χ0v) is 8.11. The molecular formula is C10H17N3. The van der Waals surface area contributed by atoms with Crippen molar-refractivity contribution in [2.45, 2.75) is 38.6 Å². The van der Waals surface area contributed by atoms with Crippen molar-refractivity contribution >= 4 is 5.82 Å². The van der Waals surface area contributed by atoms with Gasteiger partial charge in [-0.25, -0.2) is 4.68 Å². The van der Waals surface area contributed by atoms with Crippen LogP contribution in [0.3, 0.4) is 0 Å². The minimum Gasteiger partial charge on any atom is -0.384 e. The Bertz CT molecular complexity index is 279. The van der Waals surface area contributed by atoms with Gasteiger partial charge in [0.15, 0.2) is 0 Å². The summed E-state index contributed by atoms with van der Waals surface area (Å²) < 4.78 is 1.98. The number of nitrogen functional groups attached to an aromatic ring is 1. The third kappa shape index (κ3) is 1.69. The van der Waals surface area contributed by atoms with Gasteiger partial charge < -0.3 is 5.73 Å². The molecule has 2 N–H and O–H groups in total. The Labute approximate surface area is 78.9 Å². The number of hydrogen-bond donors (Lipinski definition) is 1. The lowest BCUT2D eigenvalue weighted by atomic mass is 9.87. The minimum atomic E-state index is 0.541. The first-order valence-corrected chi connectivity index (χ1v) is 5.06. The molecule has 1 aliphatic carbocycles. The molecule has 2 unspecified atom stereocenters. The molecule has 0 radical (unpaired) electrons. The highest BCUT2D eigenvalue weighted by Crippen LogP contribution is 2.32. The van der Waals surface area contributed by atoms with Crippen molar-refractivity contribution in [3.05, 3.63) is 12.3 Å². The minimum absolute atomic E-state index is 0.541. The van der Waals surface area contributed by atoms with E-state index < -0.39 is 0 Å². The van der Waals surface area contributed by atoms with E-state index in [9.17, 15) is 0 Å². The van der Waals surface area contributed by atoms with Crippen molar-refractivity contribution in [3.8, 4) is 0 Å². The van der Waals surface area contributed by atoms with E-state index in [0.29, 0.717) is 6.04 Å². The van der Waals surface area contributed by atoms with Gasteiger partial charge in [-0.15, -0.1) is 0 Å². The summed E-state index contributed by atoms with van der Waals surface area (Å²) in [5, 5.41) is 4.27. The molecule has 0 amide bonds. The number of rotatable bonds is 1. The van der Waals surface area contributed by atoms with Crippen LogP contribution in [-0.2, 0) is 0 Å². The van der Waals surface area contributed by atoms with Crippen LogP contribution in [0.1, 0.15) is 38.6 Å². The van der Waals surface area contributed by atoms with Gasteiger partial charge in [-0.1, -0.05) is 19.8 Å². The van der Waals surface area contributed by atoms with Gasteiger partial charge in [0.2, 0.25) is 0 Å². The first kappa shape index (κ1) is 8.60. The maximum atomic E-state index is 5.82. The van der Waals surface area contributed by atoms with E-state index in [1.165, 1.54) is 25.7 Å². The number of aromatic nitrogens is 2. The van der Waals surface area contributed by atoms with Crippen LogP contribution in [0, 0.1) is 5.92 Å². The molecule has 0 spiro atoms. The molecule has 2 atom stereocenters. The fraction of sp³-hybridized carbons (Fsp3) is 0.700. The summed E-state index contributed by atoms with van der Waals surface area (Å²) in [4.78, 5) is 0. The Hall–Kier alpha value is -0.990. The Morgan fingerprint density at radius 2 is 2.38 bits per heavy atom. The molecule has 3 nitrogen and oxygen atoms in total. The maximum absolute atomic E-state index is 5.82. The summed E-state index contributed by atoms with van der Waals surface area (Å²) in [7, 11) is 0. The molecule has 1 heterocycles. The molecule has 2 rings (SSSR count). The van der Waals surface area contributed by atoms with Crippen LogP contribution in [-0.4, -0.2) is 9.78 Å². The smallest absolute Gasteiger partial charge is 0.121 e. The van der Waals surface area contributed by atoms with Crippen molar-refractivity contribution < 1.29 is 0 Å². The monoisotopic (exact) mass is 179 g/mol. The third-order valence-corrected chi connectivity index (χ3v) is 2.96. The van der Waals surface area contributed by atoms with E-state index in [0.717, 1.165) is 11.7 Å². The van der Waals surface area contributed by atoms with Crippen LogP contribution in [0.4, 0.5) is 5.82 Å². The average Bonchev–Trinajstić information content (AvgIpc) is 2.51. The van der Waals surface area contributed by atoms with Gasteiger partial charge in [0.05, 0.1) is 12.2 Å². The largest absolute Gasteiger partial charge is 0.384 e. The summed E-state index contributed by atoms with van der Waals surface area (Å²) >= 11 is 0. The summed E-state index contributed by atoms with van der Waals surface area (Å²) in [6.45, 7) is 2.31. The molecule has 3 heteroatoms. The molecule has 0 bridgehead atoms. The molecule has 0 aromatic carbocycles. The zero-order valence-electron chi connectivity index (χ0n) is 8.11. The first-order valence-electron chi connectivity index (χ1n) is 5.06. The van der Waals surface area contributed by atoms with Gasteiger partial charge in [0.1, 0.15) is 5.82 Å². The Balaban J connectivity index is 2.12. The lowest BCUT2D eigenvalue weighted by molar-refractivity contribution is 0.269. The van der Waals surface area contributed by atoms with Crippen LogP contribution in [0.25, 0.3) is 0 Å². The van der Waals surface area contributed by atoms with Crippen LogP contribution in [0.15, 0.2) is 12.3 Å². The number of hydrogen-bond acceptors (Lipinski definition) is 2. The van der Waals surface area contributed by atoms with Crippen LogP contribution in [0.5, 0.6) is 0 Å². The van der Waals surface area contributed by atoms with Gasteiger partial charge in [-0.05, 0) is 24.8 Å². The molecule has 1 fully saturated rings. The van der Waals surface area contributed by atoms with Gasteiger partial charge in [0, 0.05) is 0 Å². The normalized spacial score (nSPS) is 29.0. The predicted octanol–water partition coefficient (Wildman–Crippen LogP) is 2.22. The topological polar surface area (TPSA) is 43.8 Å². The van der Waals surface area contributed by atoms with E-state index in [4.69, 9.17) is 5.73 Å². The number of anilines is 1. The molecule has 13 heavy (non-hydrogen) atoms. The quantitative estimate of drug-likeness (QED) is 0.718. The van der Waals surface area contributed by atoms with Gasteiger partial charge in [-0.2, -0.15) is 5.10 Å². The molecule has 72 valence electrons.